The number of fused-ring (bicyclic) bond motifs is 1. The van der Waals surface area contributed by atoms with Gasteiger partial charge in [-0.05, 0) is 31.0 Å². The summed E-state index contributed by atoms with van der Waals surface area (Å²) < 4.78 is 1.52. The average Bonchev–Trinajstić information content (AvgIpc) is 2.82. The first-order valence-corrected chi connectivity index (χ1v) is 7.91. The first-order chi connectivity index (χ1) is 10.5. The van der Waals surface area contributed by atoms with E-state index in [0.29, 0.717) is 32.2 Å². The largest absolute Gasteiger partial charge is 0.294 e. The molecule has 0 aliphatic carbocycles. The molecule has 4 nitrogen and oxygen atoms in total. The van der Waals surface area contributed by atoms with Crippen LogP contribution in [0.2, 0.25) is 5.02 Å². The van der Waals surface area contributed by atoms with Crippen LogP contribution in [0.3, 0.4) is 0 Å². The third-order valence-corrected chi connectivity index (χ3v) is 5.20. The molecule has 0 saturated heterocycles. The topological polar surface area (TPSA) is 52.0 Å². The van der Waals surface area contributed by atoms with E-state index in [0.717, 1.165) is 5.56 Å². The highest BCUT2D eigenvalue weighted by molar-refractivity contribution is 7.20. The number of benzene rings is 1. The summed E-state index contributed by atoms with van der Waals surface area (Å²) in [5.74, 6) is -0.0439. The molecule has 0 N–H and O–H groups in total. The van der Waals surface area contributed by atoms with Crippen molar-refractivity contribution >= 4 is 38.9 Å². The second-order valence-corrected chi connectivity index (χ2v) is 6.47. The Kier molecular flexibility index (Phi) is 3.85. The predicted octanol–water partition coefficient (Wildman–Crippen LogP) is 3.67. The first-order valence-electron chi connectivity index (χ1n) is 6.72. The van der Waals surface area contributed by atoms with Crippen molar-refractivity contribution in [2.45, 2.75) is 20.4 Å². The van der Waals surface area contributed by atoms with Gasteiger partial charge in [0.15, 0.2) is 5.78 Å². The summed E-state index contributed by atoms with van der Waals surface area (Å²) in [5.41, 5.74) is 1.41. The van der Waals surface area contributed by atoms with E-state index >= 15 is 0 Å². The Morgan fingerprint density at radius 2 is 2.09 bits per heavy atom. The minimum atomic E-state index is -0.147. The molecule has 2 aromatic heterocycles. The molecular weight excluding hydrogens is 320 g/mol. The summed E-state index contributed by atoms with van der Waals surface area (Å²) in [5, 5.41) is 1.13. The maximum absolute atomic E-state index is 12.7. The van der Waals surface area contributed by atoms with Crippen LogP contribution in [0.4, 0.5) is 0 Å². The molecule has 3 aromatic rings. The number of thiophene rings is 1. The van der Waals surface area contributed by atoms with Gasteiger partial charge < -0.3 is 0 Å². The number of aromatic nitrogens is 2. The van der Waals surface area contributed by atoms with E-state index in [1.807, 2.05) is 18.2 Å². The first kappa shape index (κ1) is 14.9. The van der Waals surface area contributed by atoms with Crippen LogP contribution in [0.5, 0.6) is 0 Å². The van der Waals surface area contributed by atoms with E-state index < -0.39 is 0 Å². The zero-order valence-corrected chi connectivity index (χ0v) is 13.7. The minimum absolute atomic E-state index is 0.0439. The van der Waals surface area contributed by atoms with Crippen LogP contribution in [-0.4, -0.2) is 15.3 Å². The maximum Gasteiger partial charge on any atom is 0.262 e. The molecule has 112 valence electrons. The average molecular weight is 333 g/mol. The lowest BCUT2D eigenvalue weighted by Crippen LogP contribution is -2.21. The van der Waals surface area contributed by atoms with Gasteiger partial charge in [-0.25, -0.2) is 4.98 Å². The van der Waals surface area contributed by atoms with Gasteiger partial charge in [-0.15, -0.1) is 11.3 Å². The summed E-state index contributed by atoms with van der Waals surface area (Å²) >= 11 is 7.41. The zero-order valence-electron chi connectivity index (χ0n) is 12.1. The van der Waals surface area contributed by atoms with Crippen molar-refractivity contribution in [1.82, 2.24) is 9.55 Å². The number of carbonyl (C=O) groups excluding carboxylic acids is 1. The molecule has 6 heteroatoms. The molecule has 3 rings (SSSR count). The van der Waals surface area contributed by atoms with Gasteiger partial charge in [0.2, 0.25) is 0 Å². The van der Waals surface area contributed by atoms with Gasteiger partial charge in [-0.1, -0.05) is 29.8 Å². The quantitative estimate of drug-likeness (QED) is 0.688. The Labute approximate surface area is 136 Å². The predicted molar refractivity (Wildman–Crippen MR) is 89.2 cm³/mol. The highest BCUT2D eigenvalue weighted by atomic mass is 35.5. The maximum atomic E-state index is 12.7. The minimum Gasteiger partial charge on any atom is -0.294 e. The normalized spacial score (nSPS) is 11.0. The van der Waals surface area contributed by atoms with Crippen LogP contribution >= 0.6 is 22.9 Å². The molecule has 22 heavy (non-hydrogen) atoms. The van der Waals surface area contributed by atoms with Gasteiger partial charge in [-0.2, -0.15) is 0 Å². The summed E-state index contributed by atoms with van der Waals surface area (Å²) in [6, 6.07) is 7.39. The third kappa shape index (κ3) is 2.46. The lowest BCUT2D eigenvalue weighted by molar-refractivity contribution is 0.102. The third-order valence-electron chi connectivity index (χ3n) is 3.54. The van der Waals surface area contributed by atoms with Crippen molar-refractivity contribution < 1.29 is 4.79 Å². The number of rotatable bonds is 3. The Morgan fingerprint density at radius 1 is 1.36 bits per heavy atom. The Balaban J connectivity index is 2.15. The number of hydrogen-bond donors (Lipinski definition) is 0. The fourth-order valence-corrected chi connectivity index (χ4v) is 3.65. The molecule has 0 aliphatic rings. The Hall–Kier alpha value is -1.98. The molecule has 0 radical (unpaired) electrons. The second kappa shape index (κ2) is 5.66. The lowest BCUT2D eigenvalue weighted by atomic mass is 10.2. The Morgan fingerprint density at radius 3 is 2.77 bits per heavy atom. The van der Waals surface area contributed by atoms with Crippen molar-refractivity contribution in [3.05, 3.63) is 62.0 Å². The van der Waals surface area contributed by atoms with E-state index in [2.05, 4.69) is 4.98 Å². The molecule has 0 amide bonds. The molecule has 0 aliphatic heterocycles. The molecule has 0 atom stereocenters. The van der Waals surface area contributed by atoms with Gasteiger partial charge in [0, 0.05) is 5.02 Å². The number of halogens is 1. The fraction of sp³-hybridized carbons (Fsp3) is 0.188. The van der Waals surface area contributed by atoms with Crippen LogP contribution in [0.15, 0.2) is 35.4 Å². The summed E-state index contributed by atoms with van der Waals surface area (Å²) in [4.78, 5) is 29.8. The van der Waals surface area contributed by atoms with Gasteiger partial charge in [0.25, 0.3) is 5.56 Å². The molecule has 0 bridgehead atoms. The SMILES string of the molecule is CC(=O)c1sc2ncn(Cc3ccccc3Cl)c(=O)c2c1C. The number of aryl methyl sites for hydroxylation is 1. The number of nitrogens with zero attached hydrogens (tertiary/aromatic N) is 2. The summed E-state index contributed by atoms with van der Waals surface area (Å²) in [6.45, 7) is 3.64. The van der Waals surface area contributed by atoms with E-state index in [4.69, 9.17) is 11.6 Å². The van der Waals surface area contributed by atoms with Crippen molar-refractivity contribution in [2.24, 2.45) is 0 Å². The zero-order chi connectivity index (χ0) is 15.9. The lowest BCUT2D eigenvalue weighted by Gasteiger charge is -2.07. The molecule has 0 fully saturated rings. The number of ketones is 1. The Bertz CT molecular complexity index is 943. The summed E-state index contributed by atoms with van der Waals surface area (Å²) in [6.07, 6.45) is 1.51. The van der Waals surface area contributed by atoms with Gasteiger partial charge >= 0.3 is 0 Å². The molecule has 1 aromatic carbocycles. The van der Waals surface area contributed by atoms with E-state index in [1.165, 1.54) is 29.2 Å². The fourth-order valence-electron chi connectivity index (χ4n) is 2.42. The second-order valence-electron chi connectivity index (χ2n) is 5.06. The molecule has 0 unspecified atom stereocenters. The van der Waals surface area contributed by atoms with Crippen molar-refractivity contribution in [3.63, 3.8) is 0 Å². The number of hydrogen-bond acceptors (Lipinski definition) is 4. The van der Waals surface area contributed by atoms with Crippen molar-refractivity contribution in [2.75, 3.05) is 0 Å². The summed E-state index contributed by atoms with van der Waals surface area (Å²) in [7, 11) is 0. The molecule has 0 spiro atoms. The van der Waals surface area contributed by atoms with Crippen LogP contribution in [0.25, 0.3) is 10.2 Å². The van der Waals surface area contributed by atoms with E-state index in [9.17, 15) is 9.59 Å². The smallest absolute Gasteiger partial charge is 0.262 e. The van der Waals surface area contributed by atoms with Crippen molar-refractivity contribution in [3.8, 4) is 0 Å². The monoisotopic (exact) mass is 332 g/mol. The van der Waals surface area contributed by atoms with Crippen LogP contribution < -0.4 is 5.56 Å². The highest BCUT2D eigenvalue weighted by Gasteiger charge is 2.17. The number of Topliss-reactive ketones (excluding diaryl/α,β-unsaturated/α-hetero) is 1. The van der Waals surface area contributed by atoms with E-state index in [-0.39, 0.29) is 11.3 Å². The van der Waals surface area contributed by atoms with Crippen molar-refractivity contribution in [1.29, 1.82) is 0 Å². The highest BCUT2D eigenvalue weighted by Crippen LogP contribution is 2.27. The number of carbonyl (C=O) groups is 1. The van der Waals surface area contributed by atoms with Gasteiger partial charge in [0.05, 0.1) is 23.1 Å². The van der Waals surface area contributed by atoms with Gasteiger partial charge in [0.1, 0.15) is 4.83 Å². The van der Waals surface area contributed by atoms with Crippen LogP contribution in [-0.2, 0) is 6.54 Å². The van der Waals surface area contributed by atoms with Crippen LogP contribution in [0, 0.1) is 6.92 Å². The standard InChI is InChI=1S/C16H13ClN2O2S/c1-9-13-15(22-14(9)10(2)20)18-8-19(16(13)21)7-11-5-3-4-6-12(11)17/h3-6,8H,7H2,1-2H3. The molecular formula is C16H13ClN2O2S. The molecule has 0 saturated carbocycles. The van der Waals surface area contributed by atoms with E-state index in [1.54, 1.807) is 13.0 Å². The molecule has 2 heterocycles. The van der Waals surface area contributed by atoms with Gasteiger partial charge in [-0.3, -0.25) is 14.2 Å². The van der Waals surface area contributed by atoms with Crippen LogP contribution in [0.1, 0.15) is 27.7 Å².